The van der Waals surface area contributed by atoms with E-state index in [9.17, 15) is 23.1 Å². The highest BCUT2D eigenvalue weighted by Gasteiger charge is 2.25. The van der Waals surface area contributed by atoms with Gasteiger partial charge in [0.15, 0.2) is 11.5 Å². The third-order valence-electron chi connectivity index (χ3n) is 6.58. The summed E-state index contributed by atoms with van der Waals surface area (Å²) in [5.74, 6) is -0.186. The molecule has 1 unspecified atom stereocenters. The molecule has 40 heavy (non-hydrogen) atoms. The van der Waals surface area contributed by atoms with Gasteiger partial charge in [0, 0.05) is 23.7 Å². The summed E-state index contributed by atoms with van der Waals surface area (Å²) in [6.45, 7) is 0.355. The summed E-state index contributed by atoms with van der Waals surface area (Å²) < 4.78 is 44.6. The predicted molar refractivity (Wildman–Crippen MR) is 150 cm³/mol. The Balaban J connectivity index is 1.26. The van der Waals surface area contributed by atoms with Crippen molar-refractivity contribution in [2.24, 2.45) is 0 Å². The fraction of sp³-hybridized carbons (Fsp3) is 0.310. The first kappa shape index (κ1) is 28.9. The van der Waals surface area contributed by atoms with Gasteiger partial charge in [-0.05, 0) is 67.6 Å². The van der Waals surface area contributed by atoms with Gasteiger partial charge in [0.2, 0.25) is 15.9 Å². The fourth-order valence-electron chi connectivity index (χ4n) is 4.44. The molecule has 0 fully saturated rings. The van der Waals surface area contributed by atoms with E-state index >= 15 is 0 Å². The number of hydrogen-bond donors (Lipinski definition) is 3. The van der Waals surface area contributed by atoms with E-state index in [0.717, 1.165) is 10.9 Å². The number of benzene rings is 3. The standard InChI is InChI=1S/C29H32N2O8S/c1-37-26-13-10-19(17-27(26)38-2)11-15-28(32)30-16-6-5-8-23(29(33)34)31-40(35,36)20-12-14-25-22(18-20)21-7-3-4-9-24(21)39-25/h3-4,7,9-10,12-14,17-18,23,31H,5-6,8,11,15-16H2,1-2H3,(H,30,32)(H,33,34). The van der Waals surface area contributed by atoms with Crippen LogP contribution in [-0.4, -0.2) is 52.2 Å². The molecule has 212 valence electrons. The zero-order valence-electron chi connectivity index (χ0n) is 22.3. The summed E-state index contributed by atoms with van der Waals surface area (Å²) in [7, 11) is -0.992. The molecule has 0 bridgehead atoms. The lowest BCUT2D eigenvalue weighted by Crippen LogP contribution is -2.40. The van der Waals surface area contributed by atoms with Gasteiger partial charge in [0.05, 0.1) is 19.1 Å². The maximum Gasteiger partial charge on any atom is 0.321 e. The molecule has 0 saturated heterocycles. The largest absolute Gasteiger partial charge is 0.493 e. The molecule has 3 aromatic carbocycles. The van der Waals surface area contributed by atoms with Crippen molar-refractivity contribution in [2.75, 3.05) is 20.8 Å². The van der Waals surface area contributed by atoms with E-state index in [1.807, 2.05) is 30.3 Å². The molecule has 11 heteroatoms. The van der Waals surface area contributed by atoms with Crippen molar-refractivity contribution < 1.29 is 37.0 Å². The van der Waals surface area contributed by atoms with Gasteiger partial charge in [-0.15, -0.1) is 0 Å². The average molecular weight is 569 g/mol. The minimum atomic E-state index is -4.10. The third-order valence-corrected chi connectivity index (χ3v) is 8.05. The molecule has 10 nitrogen and oxygen atoms in total. The number of fused-ring (bicyclic) bond motifs is 3. The van der Waals surface area contributed by atoms with Gasteiger partial charge in [-0.25, -0.2) is 8.42 Å². The van der Waals surface area contributed by atoms with Gasteiger partial charge in [0.1, 0.15) is 17.2 Å². The molecular weight excluding hydrogens is 536 g/mol. The van der Waals surface area contributed by atoms with E-state index in [0.29, 0.717) is 53.9 Å². The Bertz CT molecular complexity index is 1610. The maximum atomic E-state index is 13.0. The topological polar surface area (TPSA) is 144 Å². The van der Waals surface area contributed by atoms with Crippen LogP contribution in [0.5, 0.6) is 11.5 Å². The molecule has 0 aliphatic heterocycles. The van der Waals surface area contributed by atoms with E-state index < -0.39 is 22.0 Å². The number of aryl methyl sites for hydroxylation is 1. The Morgan fingerprint density at radius 3 is 2.42 bits per heavy atom. The number of amides is 1. The summed E-state index contributed by atoms with van der Waals surface area (Å²) in [4.78, 5) is 24.0. The van der Waals surface area contributed by atoms with Crippen LogP contribution in [0.2, 0.25) is 0 Å². The molecule has 0 saturated carbocycles. The lowest BCUT2D eigenvalue weighted by molar-refractivity contribution is -0.139. The van der Waals surface area contributed by atoms with Crippen LogP contribution in [0.1, 0.15) is 31.2 Å². The van der Waals surface area contributed by atoms with Crippen molar-refractivity contribution in [2.45, 2.75) is 43.0 Å². The number of carboxylic acid groups (broad SMARTS) is 1. The second-order valence-electron chi connectivity index (χ2n) is 9.30. The van der Waals surface area contributed by atoms with Crippen molar-refractivity contribution in [3.8, 4) is 11.5 Å². The van der Waals surface area contributed by atoms with E-state index in [1.54, 1.807) is 32.4 Å². The lowest BCUT2D eigenvalue weighted by atomic mass is 10.1. The van der Waals surface area contributed by atoms with Crippen LogP contribution in [0.25, 0.3) is 21.9 Å². The van der Waals surface area contributed by atoms with Crippen LogP contribution in [0.4, 0.5) is 0 Å². The van der Waals surface area contributed by atoms with Crippen LogP contribution >= 0.6 is 0 Å². The second-order valence-corrected chi connectivity index (χ2v) is 11.0. The van der Waals surface area contributed by atoms with Crippen molar-refractivity contribution >= 4 is 43.8 Å². The van der Waals surface area contributed by atoms with Crippen LogP contribution in [0.3, 0.4) is 0 Å². The molecule has 0 aliphatic rings. The number of para-hydroxylation sites is 1. The second kappa shape index (κ2) is 12.8. The zero-order chi connectivity index (χ0) is 28.7. The number of aliphatic carboxylic acids is 1. The van der Waals surface area contributed by atoms with Gasteiger partial charge < -0.3 is 24.3 Å². The number of carbonyl (C=O) groups excluding carboxylic acids is 1. The number of rotatable bonds is 14. The minimum Gasteiger partial charge on any atom is -0.493 e. The highest BCUT2D eigenvalue weighted by Crippen LogP contribution is 2.30. The third kappa shape index (κ3) is 6.91. The van der Waals surface area contributed by atoms with Gasteiger partial charge in [-0.3, -0.25) is 9.59 Å². The minimum absolute atomic E-state index is 0.0421. The first-order valence-corrected chi connectivity index (χ1v) is 14.3. The van der Waals surface area contributed by atoms with Crippen LogP contribution < -0.4 is 19.5 Å². The van der Waals surface area contributed by atoms with E-state index in [1.165, 1.54) is 12.1 Å². The highest BCUT2D eigenvalue weighted by molar-refractivity contribution is 7.89. The number of carboxylic acids is 1. The van der Waals surface area contributed by atoms with Gasteiger partial charge in [-0.2, -0.15) is 4.72 Å². The molecule has 4 rings (SSSR count). The molecule has 0 spiro atoms. The Morgan fingerprint density at radius 1 is 0.925 bits per heavy atom. The Labute approximate surface area is 232 Å². The first-order chi connectivity index (χ1) is 19.2. The Morgan fingerprint density at radius 2 is 1.68 bits per heavy atom. The van der Waals surface area contributed by atoms with Crippen molar-refractivity contribution in [1.82, 2.24) is 10.0 Å². The average Bonchev–Trinajstić information content (AvgIpc) is 3.33. The molecule has 4 aromatic rings. The van der Waals surface area contributed by atoms with Crippen LogP contribution in [0.15, 0.2) is 70.0 Å². The fourth-order valence-corrected chi connectivity index (χ4v) is 5.69. The summed E-state index contributed by atoms with van der Waals surface area (Å²) in [6, 6.07) is 15.9. The van der Waals surface area contributed by atoms with E-state index in [4.69, 9.17) is 13.9 Å². The molecular formula is C29H32N2O8S. The number of hydrogen-bond acceptors (Lipinski definition) is 7. The molecule has 0 aliphatic carbocycles. The molecule has 1 amide bonds. The lowest BCUT2D eigenvalue weighted by Gasteiger charge is -2.15. The van der Waals surface area contributed by atoms with Crippen molar-refractivity contribution in [3.63, 3.8) is 0 Å². The summed E-state index contributed by atoms with van der Waals surface area (Å²) in [6.07, 6.45) is 1.78. The Kier molecular flexibility index (Phi) is 9.28. The summed E-state index contributed by atoms with van der Waals surface area (Å²) in [5, 5.41) is 13.9. The van der Waals surface area contributed by atoms with Gasteiger partial charge in [0.25, 0.3) is 0 Å². The smallest absolute Gasteiger partial charge is 0.321 e. The zero-order valence-corrected chi connectivity index (χ0v) is 23.1. The molecule has 1 heterocycles. The van der Waals surface area contributed by atoms with E-state index in [2.05, 4.69) is 10.0 Å². The quantitative estimate of drug-likeness (QED) is 0.192. The number of sulfonamides is 1. The number of ether oxygens (including phenoxy) is 2. The van der Waals surface area contributed by atoms with Crippen LogP contribution in [-0.2, 0) is 26.0 Å². The number of carbonyl (C=O) groups is 2. The number of methoxy groups -OCH3 is 2. The Hall–Kier alpha value is -4.09. The van der Waals surface area contributed by atoms with Crippen molar-refractivity contribution in [3.05, 3.63) is 66.2 Å². The first-order valence-electron chi connectivity index (χ1n) is 12.9. The maximum absolute atomic E-state index is 13.0. The highest BCUT2D eigenvalue weighted by atomic mass is 32.2. The van der Waals surface area contributed by atoms with Crippen LogP contribution in [0, 0.1) is 0 Å². The van der Waals surface area contributed by atoms with Gasteiger partial charge in [-0.1, -0.05) is 24.3 Å². The number of nitrogens with one attached hydrogen (secondary N) is 2. The predicted octanol–water partition coefficient (Wildman–Crippen LogP) is 4.25. The molecule has 1 aromatic heterocycles. The molecule has 3 N–H and O–H groups in total. The monoisotopic (exact) mass is 568 g/mol. The summed E-state index contributed by atoms with van der Waals surface area (Å²) >= 11 is 0. The molecule has 1 atom stereocenters. The SMILES string of the molecule is COc1ccc(CCC(=O)NCCCCC(NS(=O)(=O)c2ccc3oc4ccccc4c3c2)C(=O)O)cc1OC. The molecule has 0 radical (unpaired) electrons. The number of furan rings is 1. The van der Waals surface area contributed by atoms with E-state index in [-0.39, 0.29) is 23.6 Å². The van der Waals surface area contributed by atoms with Gasteiger partial charge >= 0.3 is 5.97 Å². The normalized spacial score (nSPS) is 12.3. The van der Waals surface area contributed by atoms with Crippen molar-refractivity contribution in [1.29, 1.82) is 0 Å². The number of unbranched alkanes of at least 4 members (excludes halogenated alkanes) is 1. The summed E-state index contributed by atoms with van der Waals surface area (Å²) in [5.41, 5.74) is 2.11.